The minimum atomic E-state index is 0.177. The molecule has 0 unspecified atom stereocenters. The van der Waals surface area contributed by atoms with E-state index >= 15 is 0 Å². The molecule has 4 nitrogen and oxygen atoms in total. The predicted octanol–water partition coefficient (Wildman–Crippen LogP) is 3.09. The molecule has 1 aromatic carbocycles. The fourth-order valence-corrected chi connectivity index (χ4v) is 1.92. The van der Waals surface area contributed by atoms with Gasteiger partial charge in [-0.1, -0.05) is 28.1 Å². The van der Waals surface area contributed by atoms with Crippen molar-refractivity contribution in [3.8, 4) is 0 Å². The van der Waals surface area contributed by atoms with Crippen molar-refractivity contribution < 1.29 is 0 Å². The van der Waals surface area contributed by atoms with E-state index in [1.807, 2.05) is 24.3 Å². The zero-order chi connectivity index (χ0) is 12.3. The van der Waals surface area contributed by atoms with Crippen LogP contribution in [0.3, 0.4) is 0 Å². The summed E-state index contributed by atoms with van der Waals surface area (Å²) < 4.78 is 1.03. The SMILES string of the molecule is Nc1cnc(Cl)nc1NCc1cccc(Br)c1. The monoisotopic (exact) mass is 312 g/mol. The van der Waals surface area contributed by atoms with Gasteiger partial charge in [0.2, 0.25) is 5.28 Å². The number of halogens is 2. The Kier molecular flexibility index (Phi) is 3.81. The number of hydrogen-bond acceptors (Lipinski definition) is 4. The van der Waals surface area contributed by atoms with Gasteiger partial charge >= 0.3 is 0 Å². The molecule has 0 fully saturated rings. The van der Waals surface area contributed by atoms with E-state index in [2.05, 4.69) is 31.2 Å². The Morgan fingerprint density at radius 2 is 2.24 bits per heavy atom. The molecule has 0 aliphatic rings. The minimum Gasteiger partial charge on any atom is -0.394 e. The van der Waals surface area contributed by atoms with Crippen LogP contribution >= 0.6 is 27.5 Å². The number of nitrogens with two attached hydrogens (primary N) is 1. The molecule has 0 spiro atoms. The van der Waals surface area contributed by atoms with Gasteiger partial charge in [-0.2, -0.15) is 4.98 Å². The van der Waals surface area contributed by atoms with E-state index in [4.69, 9.17) is 17.3 Å². The first kappa shape index (κ1) is 12.1. The molecule has 1 heterocycles. The van der Waals surface area contributed by atoms with Gasteiger partial charge in [0.25, 0.3) is 0 Å². The molecular formula is C11H10BrClN4. The smallest absolute Gasteiger partial charge is 0.224 e. The summed E-state index contributed by atoms with van der Waals surface area (Å²) in [5, 5.41) is 3.29. The highest BCUT2D eigenvalue weighted by atomic mass is 79.9. The van der Waals surface area contributed by atoms with Crippen molar-refractivity contribution in [1.82, 2.24) is 9.97 Å². The van der Waals surface area contributed by atoms with Gasteiger partial charge in [0, 0.05) is 11.0 Å². The average molecular weight is 314 g/mol. The van der Waals surface area contributed by atoms with Gasteiger partial charge in [0.1, 0.15) is 0 Å². The Morgan fingerprint density at radius 1 is 1.41 bits per heavy atom. The molecule has 2 aromatic rings. The van der Waals surface area contributed by atoms with Crippen LogP contribution in [0.15, 0.2) is 34.9 Å². The molecule has 3 N–H and O–H groups in total. The van der Waals surface area contributed by atoms with E-state index in [1.165, 1.54) is 6.20 Å². The molecule has 88 valence electrons. The van der Waals surface area contributed by atoms with Crippen molar-refractivity contribution in [2.24, 2.45) is 0 Å². The van der Waals surface area contributed by atoms with Gasteiger partial charge < -0.3 is 11.1 Å². The fraction of sp³-hybridized carbons (Fsp3) is 0.0909. The molecule has 0 radical (unpaired) electrons. The third kappa shape index (κ3) is 3.31. The van der Waals surface area contributed by atoms with Gasteiger partial charge in [-0.25, -0.2) is 4.98 Å². The summed E-state index contributed by atoms with van der Waals surface area (Å²) in [6.07, 6.45) is 1.48. The molecule has 0 atom stereocenters. The molecule has 17 heavy (non-hydrogen) atoms. The summed E-state index contributed by atoms with van der Waals surface area (Å²) in [5.74, 6) is 0.546. The second-order valence-corrected chi connectivity index (χ2v) is 4.68. The van der Waals surface area contributed by atoms with Crippen LogP contribution in [0.2, 0.25) is 5.28 Å². The molecule has 0 bridgehead atoms. The maximum atomic E-state index is 5.73. The third-order valence-corrected chi connectivity index (χ3v) is 2.81. The Balaban J connectivity index is 2.09. The van der Waals surface area contributed by atoms with Crippen LogP contribution in [0, 0.1) is 0 Å². The Hall–Kier alpha value is -1.33. The Bertz CT molecular complexity index is 533. The summed E-state index contributed by atoms with van der Waals surface area (Å²) in [6.45, 7) is 0.622. The highest BCUT2D eigenvalue weighted by molar-refractivity contribution is 9.10. The van der Waals surface area contributed by atoms with Crippen molar-refractivity contribution >= 4 is 39.0 Å². The van der Waals surface area contributed by atoms with E-state index in [0.29, 0.717) is 18.1 Å². The summed E-state index contributed by atoms with van der Waals surface area (Å²) >= 11 is 9.11. The van der Waals surface area contributed by atoms with Gasteiger partial charge in [-0.05, 0) is 29.3 Å². The zero-order valence-electron chi connectivity index (χ0n) is 8.82. The molecule has 0 saturated carbocycles. The lowest BCUT2D eigenvalue weighted by atomic mass is 10.2. The van der Waals surface area contributed by atoms with Crippen LogP contribution in [-0.2, 0) is 6.54 Å². The molecule has 0 aliphatic heterocycles. The van der Waals surface area contributed by atoms with Crippen molar-refractivity contribution in [2.45, 2.75) is 6.54 Å². The molecule has 0 amide bonds. The number of aromatic nitrogens is 2. The van der Waals surface area contributed by atoms with Gasteiger partial charge in [-0.3, -0.25) is 0 Å². The summed E-state index contributed by atoms with van der Waals surface area (Å²) in [7, 11) is 0. The number of benzene rings is 1. The highest BCUT2D eigenvalue weighted by Gasteiger charge is 2.02. The zero-order valence-corrected chi connectivity index (χ0v) is 11.2. The molecular weight excluding hydrogens is 304 g/mol. The van der Waals surface area contributed by atoms with Crippen molar-refractivity contribution in [1.29, 1.82) is 0 Å². The van der Waals surface area contributed by atoms with E-state index in [1.54, 1.807) is 0 Å². The standard InChI is InChI=1S/C11H10BrClN4/c12-8-3-1-2-7(4-8)5-15-10-9(14)6-16-11(13)17-10/h1-4,6H,5,14H2,(H,15,16,17). The quantitative estimate of drug-likeness (QED) is 0.855. The third-order valence-electron chi connectivity index (χ3n) is 2.14. The molecule has 2 rings (SSSR count). The molecule has 1 aromatic heterocycles. The average Bonchev–Trinajstić information content (AvgIpc) is 2.30. The van der Waals surface area contributed by atoms with Crippen molar-refractivity contribution in [2.75, 3.05) is 11.1 Å². The number of nitrogens with one attached hydrogen (secondary N) is 1. The summed E-state index contributed by atoms with van der Waals surface area (Å²) in [5.41, 5.74) is 7.32. The number of nitrogens with zero attached hydrogens (tertiary/aromatic N) is 2. The molecule has 6 heteroatoms. The highest BCUT2D eigenvalue weighted by Crippen LogP contribution is 2.18. The van der Waals surface area contributed by atoms with Crippen LogP contribution in [0.5, 0.6) is 0 Å². The molecule has 0 saturated heterocycles. The number of hydrogen-bond donors (Lipinski definition) is 2. The van der Waals surface area contributed by atoms with Crippen molar-refractivity contribution in [3.63, 3.8) is 0 Å². The van der Waals surface area contributed by atoms with Crippen LogP contribution in [0.4, 0.5) is 11.5 Å². The lowest BCUT2D eigenvalue weighted by Gasteiger charge is -2.08. The lowest BCUT2D eigenvalue weighted by molar-refractivity contribution is 1.08. The van der Waals surface area contributed by atoms with E-state index in [-0.39, 0.29) is 5.28 Å². The Morgan fingerprint density at radius 3 is 3.00 bits per heavy atom. The summed E-state index contributed by atoms with van der Waals surface area (Å²) in [6, 6.07) is 7.97. The van der Waals surface area contributed by atoms with E-state index in [9.17, 15) is 0 Å². The normalized spacial score (nSPS) is 10.2. The lowest BCUT2D eigenvalue weighted by Crippen LogP contribution is -2.05. The predicted molar refractivity (Wildman–Crippen MR) is 72.9 cm³/mol. The first-order valence-electron chi connectivity index (χ1n) is 4.91. The van der Waals surface area contributed by atoms with Crippen molar-refractivity contribution in [3.05, 3.63) is 45.8 Å². The van der Waals surface area contributed by atoms with E-state index in [0.717, 1.165) is 10.0 Å². The summed E-state index contributed by atoms with van der Waals surface area (Å²) in [4.78, 5) is 7.81. The minimum absolute atomic E-state index is 0.177. The van der Waals surface area contributed by atoms with Gasteiger partial charge in [-0.15, -0.1) is 0 Å². The number of anilines is 2. The van der Waals surface area contributed by atoms with Crippen LogP contribution in [-0.4, -0.2) is 9.97 Å². The topological polar surface area (TPSA) is 63.8 Å². The fourth-order valence-electron chi connectivity index (χ4n) is 1.34. The molecule has 0 aliphatic carbocycles. The van der Waals surface area contributed by atoms with E-state index < -0.39 is 0 Å². The second-order valence-electron chi connectivity index (χ2n) is 3.43. The largest absolute Gasteiger partial charge is 0.394 e. The van der Waals surface area contributed by atoms with Crippen LogP contribution in [0.25, 0.3) is 0 Å². The van der Waals surface area contributed by atoms with Crippen LogP contribution in [0.1, 0.15) is 5.56 Å². The Labute approximate surface area is 112 Å². The first-order valence-corrected chi connectivity index (χ1v) is 6.08. The van der Waals surface area contributed by atoms with Crippen LogP contribution < -0.4 is 11.1 Å². The second kappa shape index (κ2) is 5.33. The number of nitrogen functional groups attached to an aromatic ring is 1. The maximum Gasteiger partial charge on any atom is 0.224 e. The maximum absolute atomic E-state index is 5.73. The number of rotatable bonds is 3. The first-order chi connectivity index (χ1) is 8.15. The van der Waals surface area contributed by atoms with Gasteiger partial charge in [0.15, 0.2) is 5.82 Å². The van der Waals surface area contributed by atoms with Gasteiger partial charge in [0.05, 0.1) is 11.9 Å².